The van der Waals surface area contributed by atoms with Gasteiger partial charge >= 0.3 is 5.97 Å². The molecule has 1 aromatic carbocycles. The Labute approximate surface area is 85.9 Å². The van der Waals surface area contributed by atoms with Gasteiger partial charge in [0.15, 0.2) is 0 Å². The number of hydrogen-bond acceptors (Lipinski definition) is 2. The molecule has 0 atom stereocenters. The zero-order valence-corrected chi connectivity index (χ0v) is 9.28. The Morgan fingerprint density at radius 2 is 1.21 bits per heavy atom. The van der Waals surface area contributed by atoms with E-state index in [-0.39, 0.29) is 11.6 Å². The summed E-state index contributed by atoms with van der Waals surface area (Å²) in [7, 11) is 0. The summed E-state index contributed by atoms with van der Waals surface area (Å²) < 4.78 is 4.80. The number of esters is 1. The molecule has 1 aromatic rings. The normalized spacial score (nSPS) is 9.71. The van der Waals surface area contributed by atoms with Gasteiger partial charge in [-0.3, -0.25) is 4.79 Å². The molecule has 0 aliphatic heterocycles. The van der Waals surface area contributed by atoms with Crippen molar-refractivity contribution in [2.45, 2.75) is 33.3 Å². The van der Waals surface area contributed by atoms with Gasteiger partial charge in [-0.15, -0.1) is 0 Å². The first-order chi connectivity index (χ1) is 6.42. The van der Waals surface area contributed by atoms with Crippen LogP contribution in [0.2, 0.25) is 0 Å². The second-order valence-electron chi connectivity index (χ2n) is 3.86. The fraction of sp³-hybridized carbons (Fsp3) is 0.417. The van der Waals surface area contributed by atoms with Crippen molar-refractivity contribution in [3.05, 3.63) is 36.4 Å². The zero-order chi connectivity index (χ0) is 11.0. The molecule has 0 bridgehead atoms. The molecular weight excluding hydrogens is 176 g/mol. The molecule has 0 aromatic heterocycles. The van der Waals surface area contributed by atoms with Crippen LogP contribution in [0.15, 0.2) is 36.4 Å². The van der Waals surface area contributed by atoms with Crippen molar-refractivity contribution in [3.8, 4) is 0 Å². The van der Waals surface area contributed by atoms with Crippen LogP contribution in [0.25, 0.3) is 0 Å². The topological polar surface area (TPSA) is 26.3 Å². The minimum absolute atomic E-state index is 0.225. The van der Waals surface area contributed by atoms with E-state index in [2.05, 4.69) is 0 Å². The van der Waals surface area contributed by atoms with E-state index >= 15 is 0 Å². The highest BCUT2D eigenvalue weighted by Crippen LogP contribution is 2.05. The Morgan fingerprint density at radius 1 is 0.929 bits per heavy atom. The molecule has 0 N–H and O–H groups in total. The molecule has 0 aliphatic carbocycles. The van der Waals surface area contributed by atoms with Crippen molar-refractivity contribution in [1.29, 1.82) is 0 Å². The van der Waals surface area contributed by atoms with E-state index in [0.717, 1.165) is 0 Å². The van der Waals surface area contributed by atoms with Crippen LogP contribution >= 0.6 is 0 Å². The van der Waals surface area contributed by atoms with Crippen LogP contribution in [0, 0.1) is 0 Å². The molecule has 2 nitrogen and oxygen atoms in total. The Balaban J connectivity index is 0.000000249. The van der Waals surface area contributed by atoms with Gasteiger partial charge in [-0.2, -0.15) is 0 Å². The van der Waals surface area contributed by atoms with Gasteiger partial charge in [0.1, 0.15) is 5.60 Å². The lowest BCUT2D eigenvalue weighted by atomic mass is 10.2. The predicted octanol–water partition coefficient (Wildman–Crippen LogP) is 3.03. The summed E-state index contributed by atoms with van der Waals surface area (Å²) in [6.07, 6.45) is 0. The highest BCUT2D eigenvalue weighted by Gasteiger charge is 2.11. The molecular formula is C12H18O2. The molecule has 0 fully saturated rings. The van der Waals surface area contributed by atoms with Gasteiger partial charge in [0.25, 0.3) is 0 Å². The van der Waals surface area contributed by atoms with Crippen molar-refractivity contribution >= 4 is 5.97 Å². The molecule has 78 valence electrons. The maximum atomic E-state index is 10.2. The molecule has 2 heteroatoms. The highest BCUT2D eigenvalue weighted by atomic mass is 16.6. The largest absolute Gasteiger partial charge is 0.460 e. The summed E-state index contributed by atoms with van der Waals surface area (Å²) in [4.78, 5) is 10.2. The Kier molecular flexibility index (Phi) is 5.61. The van der Waals surface area contributed by atoms with E-state index in [4.69, 9.17) is 4.74 Å². The van der Waals surface area contributed by atoms with E-state index in [0.29, 0.717) is 0 Å². The summed E-state index contributed by atoms with van der Waals surface area (Å²) in [6, 6.07) is 12.0. The molecule has 14 heavy (non-hydrogen) atoms. The molecule has 0 aliphatic rings. The Bertz CT molecular complexity index is 220. The third-order valence-corrected chi connectivity index (χ3v) is 1.12. The van der Waals surface area contributed by atoms with Gasteiger partial charge in [-0.25, -0.2) is 0 Å². The van der Waals surface area contributed by atoms with Gasteiger partial charge in [0.2, 0.25) is 0 Å². The molecule has 0 saturated carbocycles. The monoisotopic (exact) mass is 194 g/mol. The molecule has 1 rings (SSSR count). The molecule has 0 spiro atoms. The lowest BCUT2D eigenvalue weighted by molar-refractivity contribution is -0.151. The van der Waals surface area contributed by atoms with Crippen molar-refractivity contribution < 1.29 is 9.53 Å². The van der Waals surface area contributed by atoms with Crippen LogP contribution in [-0.2, 0) is 9.53 Å². The van der Waals surface area contributed by atoms with Gasteiger partial charge in [-0.1, -0.05) is 36.4 Å². The third-order valence-electron chi connectivity index (χ3n) is 1.12. The van der Waals surface area contributed by atoms with E-state index < -0.39 is 0 Å². The van der Waals surface area contributed by atoms with Gasteiger partial charge < -0.3 is 4.74 Å². The first-order valence-electron chi connectivity index (χ1n) is 4.61. The Morgan fingerprint density at radius 3 is 1.29 bits per heavy atom. The summed E-state index contributed by atoms with van der Waals surface area (Å²) in [6.45, 7) is 6.93. The smallest absolute Gasteiger partial charge is 0.303 e. The van der Waals surface area contributed by atoms with E-state index in [1.54, 1.807) is 0 Å². The van der Waals surface area contributed by atoms with Crippen LogP contribution in [-0.4, -0.2) is 11.6 Å². The number of carbonyl (C=O) groups is 1. The first-order valence-corrected chi connectivity index (χ1v) is 4.61. The average Bonchev–Trinajstić information content (AvgIpc) is 2.03. The first kappa shape index (κ1) is 12.7. The predicted molar refractivity (Wildman–Crippen MR) is 58.0 cm³/mol. The van der Waals surface area contributed by atoms with Crippen LogP contribution < -0.4 is 0 Å². The summed E-state index contributed by atoms with van der Waals surface area (Å²) in [5.41, 5.74) is -0.328. The maximum absolute atomic E-state index is 10.2. The van der Waals surface area contributed by atoms with Crippen molar-refractivity contribution in [1.82, 2.24) is 0 Å². The molecule has 0 radical (unpaired) electrons. The van der Waals surface area contributed by atoms with Crippen LogP contribution in [0.5, 0.6) is 0 Å². The number of hydrogen-bond donors (Lipinski definition) is 0. The molecule has 0 amide bonds. The summed E-state index contributed by atoms with van der Waals surface area (Å²) in [5, 5.41) is 0. The number of rotatable bonds is 0. The number of ether oxygens (including phenoxy) is 1. The minimum atomic E-state index is -0.328. The second kappa shape index (κ2) is 6.19. The van der Waals surface area contributed by atoms with Crippen molar-refractivity contribution in [3.63, 3.8) is 0 Å². The van der Waals surface area contributed by atoms with Crippen molar-refractivity contribution in [2.75, 3.05) is 0 Å². The zero-order valence-electron chi connectivity index (χ0n) is 9.28. The lowest BCUT2D eigenvalue weighted by Crippen LogP contribution is -2.21. The Hall–Kier alpha value is -1.31. The SMILES string of the molecule is CC(=O)OC(C)(C)C.c1ccccc1. The van der Waals surface area contributed by atoms with Crippen molar-refractivity contribution in [2.24, 2.45) is 0 Å². The van der Waals surface area contributed by atoms with E-state index in [1.165, 1.54) is 6.92 Å². The van der Waals surface area contributed by atoms with Crippen LogP contribution in [0.3, 0.4) is 0 Å². The lowest BCUT2D eigenvalue weighted by Gasteiger charge is -2.17. The summed E-state index contributed by atoms with van der Waals surface area (Å²) >= 11 is 0. The van der Waals surface area contributed by atoms with Crippen LogP contribution in [0.1, 0.15) is 27.7 Å². The highest BCUT2D eigenvalue weighted by molar-refractivity contribution is 5.66. The molecule has 0 saturated heterocycles. The summed E-state index contributed by atoms with van der Waals surface area (Å²) in [5.74, 6) is -0.225. The average molecular weight is 194 g/mol. The van der Waals surface area contributed by atoms with Crippen LogP contribution in [0.4, 0.5) is 0 Å². The molecule has 0 heterocycles. The fourth-order valence-electron chi connectivity index (χ4n) is 0.816. The molecule has 0 unspecified atom stereocenters. The quantitative estimate of drug-likeness (QED) is 0.593. The second-order valence-corrected chi connectivity index (χ2v) is 3.86. The number of benzene rings is 1. The van der Waals surface area contributed by atoms with E-state index in [1.807, 2.05) is 57.2 Å². The van der Waals surface area contributed by atoms with Gasteiger partial charge in [-0.05, 0) is 20.8 Å². The van der Waals surface area contributed by atoms with Gasteiger partial charge in [0, 0.05) is 6.92 Å². The number of carbonyl (C=O) groups excluding carboxylic acids is 1. The maximum Gasteiger partial charge on any atom is 0.303 e. The minimum Gasteiger partial charge on any atom is -0.460 e. The fourth-order valence-corrected chi connectivity index (χ4v) is 0.816. The van der Waals surface area contributed by atoms with E-state index in [9.17, 15) is 4.79 Å². The standard InChI is InChI=1S/C6H12O2.C6H6/c1-5(7)8-6(2,3)4;1-2-4-6-5-3-1/h1-4H3;1-6H. The van der Waals surface area contributed by atoms with Gasteiger partial charge in [0.05, 0.1) is 0 Å². The third kappa shape index (κ3) is 10.7.